The summed E-state index contributed by atoms with van der Waals surface area (Å²) in [6, 6.07) is 7.49. The zero-order valence-corrected chi connectivity index (χ0v) is 16.9. The zero-order chi connectivity index (χ0) is 18.7. The van der Waals surface area contributed by atoms with Gasteiger partial charge in [0.15, 0.2) is 0 Å². The first-order valence-corrected chi connectivity index (χ1v) is 10.8. The Kier molecular flexibility index (Phi) is 6.04. The van der Waals surface area contributed by atoms with Gasteiger partial charge in [0.25, 0.3) is 5.91 Å². The summed E-state index contributed by atoms with van der Waals surface area (Å²) in [5, 5.41) is 3.59. The van der Waals surface area contributed by atoms with Gasteiger partial charge in [-0.15, -0.1) is 23.1 Å². The highest BCUT2D eigenvalue weighted by Gasteiger charge is 2.29. The van der Waals surface area contributed by atoms with Gasteiger partial charge in [0.1, 0.15) is 5.00 Å². The number of thiophene rings is 1. The van der Waals surface area contributed by atoms with E-state index in [1.54, 1.807) is 13.0 Å². The first kappa shape index (κ1) is 19.0. The van der Waals surface area contributed by atoms with Crippen molar-refractivity contribution in [1.29, 1.82) is 0 Å². The maximum atomic E-state index is 12.8. The van der Waals surface area contributed by atoms with Crippen LogP contribution in [0.1, 0.15) is 51.4 Å². The molecule has 1 aromatic heterocycles. The lowest BCUT2D eigenvalue weighted by Crippen LogP contribution is -2.17. The third-order valence-electron chi connectivity index (χ3n) is 4.57. The van der Waals surface area contributed by atoms with Crippen LogP contribution in [0.4, 0.5) is 5.00 Å². The van der Waals surface area contributed by atoms with E-state index in [-0.39, 0.29) is 11.9 Å². The molecule has 1 atom stereocenters. The molecule has 0 bridgehead atoms. The summed E-state index contributed by atoms with van der Waals surface area (Å²) in [5.41, 5.74) is 2.23. The minimum Gasteiger partial charge on any atom is -0.462 e. The van der Waals surface area contributed by atoms with Crippen molar-refractivity contribution in [2.24, 2.45) is 5.92 Å². The van der Waals surface area contributed by atoms with Crippen molar-refractivity contribution in [2.45, 2.75) is 38.0 Å². The molecule has 1 heterocycles. The van der Waals surface area contributed by atoms with Crippen LogP contribution < -0.4 is 5.32 Å². The van der Waals surface area contributed by atoms with Crippen molar-refractivity contribution < 1.29 is 14.3 Å². The van der Waals surface area contributed by atoms with Gasteiger partial charge in [-0.1, -0.05) is 19.1 Å². The normalized spacial score (nSPS) is 16.0. The molecule has 1 aromatic carbocycles. The number of ether oxygens (including phenoxy) is 1. The maximum Gasteiger partial charge on any atom is 0.341 e. The van der Waals surface area contributed by atoms with Gasteiger partial charge in [-0.25, -0.2) is 4.79 Å². The Bertz CT molecular complexity index is 828. The molecule has 0 fully saturated rings. The smallest absolute Gasteiger partial charge is 0.341 e. The summed E-state index contributed by atoms with van der Waals surface area (Å²) in [6.45, 7) is 4.34. The fourth-order valence-electron chi connectivity index (χ4n) is 3.26. The SMILES string of the molecule is CCOC(=O)c1c(NC(=O)c2ccccc2SC)sc2c1CC[C@H](C)C2. The van der Waals surface area contributed by atoms with Crippen LogP contribution in [0.25, 0.3) is 0 Å². The molecule has 1 N–H and O–H groups in total. The number of rotatable bonds is 5. The second-order valence-corrected chi connectivity index (χ2v) is 8.38. The van der Waals surface area contributed by atoms with Crippen molar-refractivity contribution in [3.8, 4) is 0 Å². The van der Waals surface area contributed by atoms with Crippen LogP contribution in [0.3, 0.4) is 0 Å². The van der Waals surface area contributed by atoms with Crippen LogP contribution in [0.5, 0.6) is 0 Å². The summed E-state index contributed by atoms with van der Waals surface area (Å²) in [5.74, 6) is 0.0668. The summed E-state index contributed by atoms with van der Waals surface area (Å²) in [6.07, 6.45) is 4.81. The zero-order valence-electron chi connectivity index (χ0n) is 15.3. The summed E-state index contributed by atoms with van der Waals surface area (Å²) in [4.78, 5) is 27.5. The Hall–Kier alpha value is -1.79. The second-order valence-electron chi connectivity index (χ2n) is 6.43. The summed E-state index contributed by atoms with van der Waals surface area (Å²) < 4.78 is 5.26. The van der Waals surface area contributed by atoms with Crippen LogP contribution in [-0.2, 0) is 17.6 Å². The summed E-state index contributed by atoms with van der Waals surface area (Å²) >= 11 is 3.05. The van der Waals surface area contributed by atoms with Crippen LogP contribution in [-0.4, -0.2) is 24.7 Å². The third kappa shape index (κ3) is 3.81. The van der Waals surface area contributed by atoms with Crippen molar-refractivity contribution in [2.75, 3.05) is 18.2 Å². The van der Waals surface area contributed by atoms with Gasteiger partial charge < -0.3 is 10.1 Å². The van der Waals surface area contributed by atoms with E-state index in [0.29, 0.717) is 28.7 Å². The molecule has 0 saturated heterocycles. The van der Waals surface area contributed by atoms with E-state index in [2.05, 4.69) is 12.2 Å². The van der Waals surface area contributed by atoms with E-state index in [1.807, 2.05) is 24.5 Å². The Morgan fingerprint density at radius 1 is 1.35 bits per heavy atom. The van der Waals surface area contributed by atoms with Gasteiger partial charge >= 0.3 is 5.97 Å². The van der Waals surface area contributed by atoms with E-state index in [4.69, 9.17) is 4.74 Å². The number of fused-ring (bicyclic) bond motifs is 1. The lowest BCUT2D eigenvalue weighted by Gasteiger charge is -2.18. The largest absolute Gasteiger partial charge is 0.462 e. The third-order valence-corrected chi connectivity index (χ3v) is 6.54. The number of hydrogen-bond acceptors (Lipinski definition) is 5. The number of carbonyl (C=O) groups is 2. The fourth-order valence-corrected chi connectivity index (χ4v) is 5.25. The van der Waals surface area contributed by atoms with Crippen LogP contribution in [0.2, 0.25) is 0 Å². The maximum absolute atomic E-state index is 12.8. The number of esters is 1. The highest BCUT2D eigenvalue weighted by Crippen LogP contribution is 2.40. The van der Waals surface area contributed by atoms with E-state index >= 15 is 0 Å². The molecule has 2 aromatic rings. The Balaban J connectivity index is 1.96. The molecule has 0 unspecified atom stereocenters. The number of benzene rings is 1. The standard InChI is InChI=1S/C20H23NO3S2/c1-4-24-20(23)17-13-10-9-12(2)11-16(13)26-19(17)21-18(22)14-7-5-6-8-15(14)25-3/h5-8,12H,4,9-11H2,1-3H3,(H,21,22)/t12-/m0/s1. The van der Waals surface area contributed by atoms with Crippen LogP contribution in [0, 0.1) is 5.92 Å². The number of amides is 1. The number of hydrogen-bond donors (Lipinski definition) is 1. The fraction of sp³-hybridized carbons (Fsp3) is 0.400. The highest BCUT2D eigenvalue weighted by atomic mass is 32.2. The molecule has 138 valence electrons. The van der Waals surface area contributed by atoms with E-state index in [9.17, 15) is 9.59 Å². The van der Waals surface area contributed by atoms with Crippen molar-refractivity contribution in [3.05, 3.63) is 45.8 Å². The summed E-state index contributed by atoms with van der Waals surface area (Å²) in [7, 11) is 0. The van der Waals surface area contributed by atoms with Gasteiger partial charge in [-0.2, -0.15) is 0 Å². The first-order valence-electron chi connectivity index (χ1n) is 8.81. The molecule has 1 aliphatic carbocycles. The molecule has 1 amide bonds. The minimum absolute atomic E-state index is 0.188. The Labute approximate surface area is 162 Å². The highest BCUT2D eigenvalue weighted by molar-refractivity contribution is 7.98. The molecule has 0 spiro atoms. The van der Waals surface area contributed by atoms with Crippen molar-refractivity contribution in [1.82, 2.24) is 0 Å². The Morgan fingerprint density at radius 3 is 2.85 bits per heavy atom. The predicted molar refractivity (Wildman–Crippen MR) is 108 cm³/mol. The topological polar surface area (TPSA) is 55.4 Å². The Morgan fingerprint density at radius 2 is 2.12 bits per heavy atom. The average molecular weight is 390 g/mol. The van der Waals surface area contributed by atoms with Gasteiger partial charge in [0.2, 0.25) is 0 Å². The van der Waals surface area contributed by atoms with E-state index in [0.717, 1.165) is 29.7 Å². The molecule has 0 saturated carbocycles. The van der Waals surface area contributed by atoms with Crippen molar-refractivity contribution in [3.63, 3.8) is 0 Å². The van der Waals surface area contributed by atoms with Crippen molar-refractivity contribution >= 4 is 40.0 Å². The minimum atomic E-state index is -0.340. The monoisotopic (exact) mass is 389 g/mol. The molecule has 1 aliphatic rings. The van der Waals surface area contributed by atoms with E-state index in [1.165, 1.54) is 28.0 Å². The molecular weight excluding hydrogens is 366 g/mol. The van der Waals surface area contributed by atoms with Gasteiger partial charge in [-0.05, 0) is 56.1 Å². The quantitative estimate of drug-likeness (QED) is 0.576. The number of anilines is 1. The number of thioether (sulfide) groups is 1. The molecule has 0 radical (unpaired) electrons. The second kappa shape index (κ2) is 8.27. The van der Waals surface area contributed by atoms with Gasteiger partial charge in [-0.3, -0.25) is 4.79 Å². The molecule has 3 rings (SSSR count). The molecule has 4 nitrogen and oxygen atoms in total. The van der Waals surface area contributed by atoms with E-state index < -0.39 is 0 Å². The average Bonchev–Trinajstić information content (AvgIpc) is 2.98. The molecule has 0 aliphatic heterocycles. The first-order chi connectivity index (χ1) is 12.5. The van der Waals surface area contributed by atoms with Gasteiger partial charge in [0, 0.05) is 9.77 Å². The predicted octanol–water partition coefficient (Wildman–Crippen LogP) is 5.02. The number of nitrogens with one attached hydrogen (secondary N) is 1. The van der Waals surface area contributed by atoms with Crippen LogP contribution in [0.15, 0.2) is 29.2 Å². The van der Waals surface area contributed by atoms with Crippen LogP contribution >= 0.6 is 23.1 Å². The lowest BCUT2D eigenvalue weighted by molar-refractivity contribution is 0.0526. The molecular formula is C20H23NO3S2. The molecule has 26 heavy (non-hydrogen) atoms. The molecule has 6 heteroatoms. The lowest BCUT2D eigenvalue weighted by atomic mass is 9.88. The number of carbonyl (C=O) groups excluding carboxylic acids is 2. The van der Waals surface area contributed by atoms with Gasteiger partial charge in [0.05, 0.1) is 17.7 Å².